The van der Waals surface area contributed by atoms with Gasteiger partial charge in [-0.1, -0.05) is 41.4 Å². The molecule has 2 heterocycles. The van der Waals surface area contributed by atoms with Gasteiger partial charge in [0.05, 0.1) is 38.9 Å². The Labute approximate surface area is 207 Å². The van der Waals surface area contributed by atoms with E-state index in [1.807, 2.05) is 6.07 Å². The topological polar surface area (TPSA) is 88.6 Å². The number of carbonyl (C=O) groups excluding carboxylic acids is 1. The van der Waals surface area contributed by atoms with Gasteiger partial charge in [-0.05, 0) is 61.6 Å². The molecule has 2 aliphatic rings. The van der Waals surface area contributed by atoms with Crippen LogP contribution in [0, 0.1) is 0 Å². The molecule has 1 unspecified atom stereocenters. The van der Waals surface area contributed by atoms with Crippen LogP contribution in [0.5, 0.6) is 5.88 Å². The molecule has 0 saturated heterocycles. The van der Waals surface area contributed by atoms with Gasteiger partial charge in [-0.15, -0.1) is 0 Å². The van der Waals surface area contributed by atoms with Crippen molar-refractivity contribution in [3.63, 3.8) is 0 Å². The van der Waals surface area contributed by atoms with Gasteiger partial charge in [-0.25, -0.2) is 13.4 Å². The molecule has 0 bridgehead atoms. The van der Waals surface area contributed by atoms with Gasteiger partial charge in [0.25, 0.3) is 15.9 Å². The van der Waals surface area contributed by atoms with E-state index in [-0.39, 0.29) is 44.3 Å². The molecule has 0 radical (unpaired) electrons. The van der Waals surface area contributed by atoms with Gasteiger partial charge >= 0.3 is 0 Å². The molecule has 1 aromatic heterocycles. The van der Waals surface area contributed by atoms with E-state index in [9.17, 15) is 13.2 Å². The zero-order chi connectivity index (χ0) is 24.0. The lowest BCUT2D eigenvalue weighted by Crippen LogP contribution is -2.42. The van der Waals surface area contributed by atoms with Gasteiger partial charge < -0.3 is 10.1 Å². The van der Waals surface area contributed by atoms with Crippen LogP contribution in [0.1, 0.15) is 41.6 Å². The second kappa shape index (κ2) is 8.76. The number of hydrogen-bond donors (Lipinski definition) is 1. The van der Waals surface area contributed by atoms with Crippen molar-refractivity contribution in [1.29, 1.82) is 0 Å². The molecule has 1 N–H and O–H groups in total. The number of hydrogen-bond acceptors (Lipinski definition) is 5. The Balaban J connectivity index is 1.50. The van der Waals surface area contributed by atoms with E-state index in [4.69, 9.17) is 27.9 Å². The molecule has 176 valence electrons. The Bertz CT molecular complexity index is 1370. The first-order valence-corrected chi connectivity index (χ1v) is 13.0. The first-order valence-electron chi connectivity index (χ1n) is 10.8. The molecule has 1 aliphatic heterocycles. The SMILES string of the molecule is CC1CN(S(=O)(=O)c2cccc(C3CC3)c2)c2cc(NC(=O)c3c(Cl)cccc3Cl)cnc2O1. The molecule has 10 heteroatoms. The molecule has 7 nitrogen and oxygen atoms in total. The molecule has 1 aliphatic carbocycles. The third-order valence-corrected chi connectivity index (χ3v) is 8.18. The summed E-state index contributed by atoms with van der Waals surface area (Å²) in [5.74, 6) is 0.0644. The molecule has 2 aromatic carbocycles. The van der Waals surface area contributed by atoms with Crippen LogP contribution in [0.3, 0.4) is 0 Å². The van der Waals surface area contributed by atoms with Crippen LogP contribution in [0.25, 0.3) is 0 Å². The van der Waals surface area contributed by atoms with Gasteiger partial charge in [0.1, 0.15) is 11.8 Å². The highest BCUT2D eigenvalue weighted by molar-refractivity contribution is 7.92. The zero-order valence-electron chi connectivity index (χ0n) is 18.2. The molecule has 1 atom stereocenters. The summed E-state index contributed by atoms with van der Waals surface area (Å²) in [5.41, 5.74) is 1.68. The van der Waals surface area contributed by atoms with Crippen molar-refractivity contribution in [3.05, 3.63) is 75.9 Å². The fourth-order valence-corrected chi connectivity index (χ4v) is 6.10. The van der Waals surface area contributed by atoms with Gasteiger partial charge in [0.15, 0.2) is 0 Å². The van der Waals surface area contributed by atoms with E-state index in [2.05, 4.69) is 10.3 Å². The van der Waals surface area contributed by atoms with Crippen LogP contribution >= 0.6 is 23.2 Å². The normalized spacial score (nSPS) is 17.6. The minimum absolute atomic E-state index is 0.110. The smallest absolute Gasteiger partial charge is 0.264 e. The third-order valence-electron chi connectivity index (χ3n) is 5.78. The largest absolute Gasteiger partial charge is 0.471 e. The van der Waals surface area contributed by atoms with E-state index in [0.717, 1.165) is 18.4 Å². The Kier molecular flexibility index (Phi) is 5.91. The summed E-state index contributed by atoms with van der Waals surface area (Å²) in [4.78, 5) is 17.3. The number of rotatable bonds is 5. The first-order chi connectivity index (χ1) is 16.2. The molecule has 1 saturated carbocycles. The zero-order valence-corrected chi connectivity index (χ0v) is 20.5. The first kappa shape index (κ1) is 23.0. The highest BCUT2D eigenvalue weighted by Gasteiger charge is 2.35. The molecule has 34 heavy (non-hydrogen) atoms. The standard InChI is InChI=1S/C24H21Cl2N3O4S/c1-14-13-29(34(31,32)18-5-2-4-16(10-18)15-8-9-15)21-11-17(12-27-24(21)33-14)28-23(30)22-19(25)6-3-7-20(22)26/h2-7,10-12,14-15H,8-9,13H2,1H3,(H,28,30). The lowest BCUT2D eigenvalue weighted by atomic mass is 10.1. The summed E-state index contributed by atoms with van der Waals surface area (Å²) < 4.78 is 34.4. The fraction of sp³-hybridized carbons (Fsp3) is 0.250. The number of nitrogens with one attached hydrogen (secondary N) is 1. The average Bonchev–Trinajstić information content (AvgIpc) is 3.64. The van der Waals surface area contributed by atoms with Crippen molar-refractivity contribution in [2.45, 2.75) is 36.7 Å². The summed E-state index contributed by atoms with van der Waals surface area (Å²) in [7, 11) is -3.89. The molecular formula is C24H21Cl2N3O4S. The van der Waals surface area contributed by atoms with Gasteiger partial charge in [0.2, 0.25) is 5.88 Å². The number of ether oxygens (including phenoxy) is 1. The number of halogens is 2. The van der Waals surface area contributed by atoms with Crippen LogP contribution in [0.15, 0.2) is 59.6 Å². The fourth-order valence-electron chi connectivity index (χ4n) is 3.95. The predicted molar refractivity (Wildman–Crippen MR) is 132 cm³/mol. The molecule has 1 fully saturated rings. The predicted octanol–water partition coefficient (Wildman–Crippen LogP) is 5.49. The molecule has 0 spiro atoms. The number of sulfonamides is 1. The van der Waals surface area contributed by atoms with Crippen molar-refractivity contribution in [1.82, 2.24) is 4.98 Å². The number of fused-ring (bicyclic) bond motifs is 1. The van der Waals surface area contributed by atoms with E-state index < -0.39 is 22.0 Å². The van der Waals surface area contributed by atoms with Crippen LogP contribution in [-0.4, -0.2) is 32.0 Å². The Morgan fingerprint density at radius 2 is 1.82 bits per heavy atom. The van der Waals surface area contributed by atoms with Crippen molar-refractivity contribution in [2.75, 3.05) is 16.2 Å². The summed E-state index contributed by atoms with van der Waals surface area (Å²) in [5, 5.41) is 3.10. The van der Waals surface area contributed by atoms with Crippen molar-refractivity contribution >= 4 is 50.5 Å². The Hall–Kier alpha value is -2.81. The molecule has 1 amide bonds. The lowest BCUT2D eigenvalue weighted by Gasteiger charge is -2.33. The van der Waals surface area contributed by atoms with Crippen molar-refractivity contribution in [2.24, 2.45) is 0 Å². The Morgan fingerprint density at radius 1 is 1.12 bits per heavy atom. The maximum Gasteiger partial charge on any atom is 0.264 e. The van der Waals surface area contributed by atoms with Crippen LogP contribution in [0.4, 0.5) is 11.4 Å². The number of amides is 1. The quantitative estimate of drug-likeness (QED) is 0.482. The second-order valence-corrected chi connectivity index (χ2v) is 11.1. The monoisotopic (exact) mass is 517 g/mol. The maximum absolute atomic E-state index is 13.7. The van der Waals surface area contributed by atoms with Crippen molar-refractivity contribution in [3.8, 4) is 5.88 Å². The number of benzene rings is 2. The van der Waals surface area contributed by atoms with Crippen LogP contribution < -0.4 is 14.4 Å². The molecule has 5 rings (SSSR count). The number of pyridine rings is 1. The van der Waals surface area contributed by atoms with Crippen LogP contribution in [0.2, 0.25) is 10.0 Å². The summed E-state index contributed by atoms with van der Waals surface area (Å²) in [6, 6.07) is 13.4. The highest BCUT2D eigenvalue weighted by Crippen LogP contribution is 2.42. The minimum atomic E-state index is -3.89. The van der Waals surface area contributed by atoms with E-state index >= 15 is 0 Å². The van der Waals surface area contributed by atoms with E-state index in [1.165, 1.54) is 16.6 Å². The molecule has 3 aromatic rings. The average molecular weight is 518 g/mol. The second-order valence-electron chi connectivity index (χ2n) is 8.41. The summed E-state index contributed by atoms with van der Waals surface area (Å²) in [6.45, 7) is 1.89. The third kappa shape index (κ3) is 4.33. The lowest BCUT2D eigenvalue weighted by molar-refractivity contribution is 0.102. The Morgan fingerprint density at radius 3 is 2.53 bits per heavy atom. The van der Waals surface area contributed by atoms with Gasteiger partial charge in [0, 0.05) is 0 Å². The minimum Gasteiger partial charge on any atom is -0.471 e. The van der Waals surface area contributed by atoms with E-state index in [1.54, 1.807) is 43.3 Å². The highest BCUT2D eigenvalue weighted by atomic mass is 35.5. The number of anilines is 2. The summed E-state index contributed by atoms with van der Waals surface area (Å²) in [6.07, 6.45) is 3.15. The number of carbonyl (C=O) groups is 1. The van der Waals surface area contributed by atoms with Gasteiger partial charge in [-0.3, -0.25) is 9.10 Å². The van der Waals surface area contributed by atoms with Crippen LogP contribution in [-0.2, 0) is 10.0 Å². The van der Waals surface area contributed by atoms with E-state index in [0.29, 0.717) is 5.92 Å². The molecular weight excluding hydrogens is 497 g/mol. The van der Waals surface area contributed by atoms with Gasteiger partial charge in [-0.2, -0.15) is 0 Å². The maximum atomic E-state index is 13.7. The van der Waals surface area contributed by atoms with Crippen molar-refractivity contribution < 1.29 is 17.9 Å². The number of aromatic nitrogens is 1. The number of nitrogens with zero attached hydrogens (tertiary/aromatic N) is 2. The summed E-state index contributed by atoms with van der Waals surface area (Å²) >= 11 is 12.3.